The number of likely N-dealkylation sites (tertiary alicyclic amines) is 1. The van der Waals surface area contributed by atoms with Gasteiger partial charge in [0.05, 0.1) is 5.52 Å². The number of oxazole rings is 1. The average Bonchev–Trinajstić information content (AvgIpc) is 2.75. The number of piperidine rings is 1. The number of rotatable bonds is 4. The molecule has 108 valence electrons. The van der Waals surface area contributed by atoms with E-state index >= 15 is 0 Å². The molecule has 4 heteroatoms. The van der Waals surface area contributed by atoms with Crippen molar-refractivity contribution in [1.82, 2.24) is 9.47 Å². The molecule has 0 bridgehead atoms. The summed E-state index contributed by atoms with van der Waals surface area (Å²) < 4.78 is 6.78. The van der Waals surface area contributed by atoms with Gasteiger partial charge in [-0.15, -0.1) is 0 Å². The fourth-order valence-corrected chi connectivity index (χ4v) is 3.02. The lowest BCUT2D eigenvalue weighted by atomic mass is 10.1. The molecular weight excluding hydrogens is 252 g/mol. The smallest absolute Gasteiger partial charge is 0.408 e. The van der Waals surface area contributed by atoms with Crippen molar-refractivity contribution < 1.29 is 4.42 Å². The van der Waals surface area contributed by atoms with Gasteiger partial charge in [-0.25, -0.2) is 4.79 Å². The first-order valence-electron chi connectivity index (χ1n) is 7.55. The van der Waals surface area contributed by atoms with Crippen molar-refractivity contribution >= 4 is 11.1 Å². The number of nitrogens with zero attached hydrogens (tertiary/aromatic N) is 2. The van der Waals surface area contributed by atoms with Gasteiger partial charge < -0.3 is 9.32 Å². The van der Waals surface area contributed by atoms with Crippen LogP contribution < -0.4 is 5.76 Å². The standard InChI is InChI=1S/C16H22N2O2/c1-17-14-8-7-13(12-15(14)20-16(17)19)6-5-11-18-9-3-2-4-10-18/h7-8,12H,2-6,9-11H2,1H3. The third kappa shape index (κ3) is 2.80. The summed E-state index contributed by atoms with van der Waals surface area (Å²) in [6.07, 6.45) is 6.30. The molecule has 0 atom stereocenters. The first-order chi connectivity index (χ1) is 9.74. The lowest BCUT2D eigenvalue weighted by Crippen LogP contribution is -2.30. The van der Waals surface area contributed by atoms with Crippen LogP contribution in [-0.2, 0) is 13.5 Å². The zero-order valence-corrected chi connectivity index (χ0v) is 12.1. The Bertz CT molecular complexity index is 635. The Morgan fingerprint density at radius 3 is 2.80 bits per heavy atom. The van der Waals surface area contributed by atoms with Gasteiger partial charge in [0.2, 0.25) is 0 Å². The Labute approximate surface area is 119 Å². The van der Waals surface area contributed by atoms with E-state index in [0.29, 0.717) is 5.58 Å². The summed E-state index contributed by atoms with van der Waals surface area (Å²) >= 11 is 0. The summed E-state index contributed by atoms with van der Waals surface area (Å²) in [5.74, 6) is -0.287. The second-order valence-electron chi connectivity index (χ2n) is 5.73. The predicted molar refractivity (Wildman–Crippen MR) is 80.1 cm³/mol. The molecule has 1 fully saturated rings. The second kappa shape index (κ2) is 5.83. The van der Waals surface area contributed by atoms with E-state index in [0.717, 1.165) is 11.9 Å². The third-order valence-electron chi connectivity index (χ3n) is 4.25. The minimum Gasteiger partial charge on any atom is -0.408 e. The Balaban J connectivity index is 1.61. The van der Waals surface area contributed by atoms with Gasteiger partial charge in [0.25, 0.3) is 0 Å². The van der Waals surface area contributed by atoms with Crippen LogP contribution in [0.4, 0.5) is 0 Å². The normalized spacial score (nSPS) is 16.9. The van der Waals surface area contributed by atoms with Crippen LogP contribution in [0.5, 0.6) is 0 Å². The van der Waals surface area contributed by atoms with E-state index in [9.17, 15) is 4.79 Å². The van der Waals surface area contributed by atoms with E-state index in [4.69, 9.17) is 4.42 Å². The van der Waals surface area contributed by atoms with Crippen molar-refractivity contribution in [3.8, 4) is 0 Å². The van der Waals surface area contributed by atoms with E-state index < -0.39 is 0 Å². The Morgan fingerprint density at radius 1 is 1.20 bits per heavy atom. The maximum absolute atomic E-state index is 11.5. The molecule has 0 saturated carbocycles. The number of fused-ring (bicyclic) bond motifs is 1. The highest BCUT2D eigenvalue weighted by Gasteiger charge is 2.10. The molecule has 1 aliphatic rings. The number of hydrogen-bond donors (Lipinski definition) is 0. The number of aryl methyl sites for hydroxylation is 2. The molecule has 1 aromatic carbocycles. The van der Waals surface area contributed by atoms with Gasteiger partial charge in [-0.05, 0) is 63.0 Å². The molecule has 1 aromatic heterocycles. The van der Waals surface area contributed by atoms with Crippen LogP contribution in [0.2, 0.25) is 0 Å². The molecule has 0 N–H and O–H groups in total. The molecule has 3 rings (SSSR count). The van der Waals surface area contributed by atoms with E-state index in [-0.39, 0.29) is 5.76 Å². The van der Waals surface area contributed by atoms with Gasteiger partial charge in [0.15, 0.2) is 5.58 Å². The van der Waals surface area contributed by atoms with Gasteiger partial charge in [-0.1, -0.05) is 12.5 Å². The van der Waals surface area contributed by atoms with Crippen LogP contribution in [-0.4, -0.2) is 29.1 Å². The Kier molecular flexibility index (Phi) is 3.92. The first-order valence-corrected chi connectivity index (χ1v) is 7.55. The highest BCUT2D eigenvalue weighted by molar-refractivity contribution is 5.73. The van der Waals surface area contributed by atoms with Gasteiger partial charge in [-0.3, -0.25) is 4.57 Å². The summed E-state index contributed by atoms with van der Waals surface area (Å²) in [5.41, 5.74) is 2.83. The minimum atomic E-state index is -0.287. The van der Waals surface area contributed by atoms with E-state index in [1.165, 1.54) is 50.9 Å². The molecule has 1 saturated heterocycles. The molecular formula is C16H22N2O2. The maximum Gasteiger partial charge on any atom is 0.419 e. The maximum atomic E-state index is 11.5. The summed E-state index contributed by atoms with van der Waals surface area (Å²) in [6, 6.07) is 6.09. The largest absolute Gasteiger partial charge is 0.419 e. The second-order valence-corrected chi connectivity index (χ2v) is 5.73. The molecule has 0 amide bonds. The van der Waals surface area contributed by atoms with Crippen molar-refractivity contribution in [3.63, 3.8) is 0 Å². The van der Waals surface area contributed by atoms with Crippen molar-refractivity contribution in [2.45, 2.75) is 32.1 Å². The van der Waals surface area contributed by atoms with Gasteiger partial charge in [0, 0.05) is 7.05 Å². The lowest BCUT2D eigenvalue weighted by Gasteiger charge is -2.26. The molecule has 0 radical (unpaired) electrons. The lowest BCUT2D eigenvalue weighted by molar-refractivity contribution is 0.226. The number of aromatic nitrogens is 1. The van der Waals surface area contributed by atoms with Crippen LogP contribution >= 0.6 is 0 Å². The van der Waals surface area contributed by atoms with E-state index in [1.54, 1.807) is 11.6 Å². The Morgan fingerprint density at radius 2 is 2.00 bits per heavy atom. The molecule has 4 nitrogen and oxygen atoms in total. The summed E-state index contributed by atoms with van der Waals surface area (Å²) in [4.78, 5) is 14.0. The summed E-state index contributed by atoms with van der Waals surface area (Å²) in [5, 5.41) is 0. The molecule has 20 heavy (non-hydrogen) atoms. The molecule has 0 aliphatic carbocycles. The monoisotopic (exact) mass is 274 g/mol. The summed E-state index contributed by atoms with van der Waals surface area (Å²) in [6.45, 7) is 3.69. The van der Waals surface area contributed by atoms with Gasteiger partial charge in [0.1, 0.15) is 0 Å². The molecule has 0 spiro atoms. The predicted octanol–water partition coefficient (Wildman–Crippen LogP) is 2.55. The quantitative estimate of drug-likeness (QED) is 0.860. The zero-order chi connectivity index (χ0) is 13.9. The fraction of sp³-hybridized carbons (Fsp3) is 0.562. The van der Waals surface area contributed by atoms with E-state index in [2.05, 4.69) is 11.0 Å². The highest BCUT2D eigenvalue weighted by atomic mass is 16.4. The fourth-order valence-electron chi connectivity index (χ4n) is 3.02. The van der Waals surface area contributed by atoms with Gasteiger partial charge >= 0.3 is 5.76 Å². The molecule has 0 unspecified atom stereocenters. The molecule has 2 heterocycles. The number of benzene rings is 1. The third-order valence-corrected chi connectivity index (χ3v) is 4.25. The molecule has 1 aliphatic heterocycles. The Hall–Kier alpha value is -1.55. The van der Waals surface area contributed by atoms with Crippen LogP contribution in [0.15, 0.2) is 27.4 Å². The molecule has 2 aromatic rings. The van der Waals surface area contributed by atoms with E-state index in [1.807, 2.05) is 12.1 Å². The van der Waals surface area contributed by atoms with Gasteiger partial charge in [-0.2, -0.15) is 0 Å². The number of hydrogen-bond acceptors (Lipinski definition) is 3. The first kappa shape index (κ1) is 13.4. The van der Waals surface area contributed by atoms with Crippen molar-refractivity contribution in [1.29, 1.82) is 0 Å². The van der Waals surface area contributed by atoms with Crippen LogP contribution in [0, 0.1) is 0 Å². The topological polar surface area (TPSA) is 38.4 Å². The zero-order valence-electron chi connectivity index (χ0n) is 12.1. The van der Waals surface area contributed by atoms with Crippen LogP contribution in [0.25, 0.3) is 11.1 Å². The SMILES string of the molecule is Cn1c(=O)oc2cc(CCCN3CCCCC3)ccc21. The van der Waals surface area contributed by atoms with Crippen LogP contribution in [0.1, 0.15) is 31.2 Å². The summed E-state index contributed by atoms with van der Waals surface area (Å²) in [7, 11) is 1.74. The average molecular weight is 274 g/mol. The minimum absolute atomic E-state index is 0.287. The highest BCUT2D eigenvalue weighted by Crippen LogP contribution is 2.16. The van der Waals surface area contributed by atoms with Crippen molar-refractivity contribution in [3.05, 3.63) is 34.3 Å². The van der Waals surface area contributed by atoms with Crippen LogP contribution in [0.3, 0.4) is 0 Å². The van der Waals surface area contributed by atoms with Crippen molar-refractivity contribution in [2.24, 2.45) is 7.05 Å². The van der Waals surface area contributed by atoms with Crippen molar-refractivity contribution in [2.75, 3.05) is 19.6 Å².